The second-order valence-electron chi connectivity index (χ2n) is 8.11. The molecular formula is C24H32N2O4S. The summed E-state index contributed by atoms with van der Waals surface area (Å²) in [7, 11) is -3.66. The number of hydrogen-bond donors (Lipinski definition) is 1. The Morgan fingerprint density at radius 3 is 2.29 bits per heavy atom. The lowest BCUT2D eigenvalue weighted by Gasteiger charge is -2.42. The van der Waals surface area contributed by atoms with E-state index in [1.165, 1.54) is 4.31 Å². The Balaban J connectivity index is 1.94. The van der Waals surface area contributed by atoms with Crippen molar-refractivity contribution >= 4 is 21.6 Å². The van der Waals surface area contributed by atoms with Gasteiger partial charge < -0.3 is 10.1 Å². The van der Waals surface area contributed by atoms with Crippen molar-refractivity contribution in [1.82, 2.24) is 5.32 Å². The van der Waals surface area contributed by atoms with Gasteiger partial charge in [0, 0.05) is 12.0 Å². The normalized spacial score (nSPS) is 18.4. The first-order chi connectivity index (χ1) is 14.7. The Hall–Kier alpha value is -2.54. The minimum absolute atomic E-state index is 0.247. The second-order valence-corrected chi connectivity index (χ2v) is 9.97. The van der Waals surface area contributed by atoms with Crippen LogP contribution in [-0.2, 0) is 14.8 Å². The molecule has 0 spiro atoms. The number of benzene rings is 2. The van der Waals surface area contributed by atoms with Crippen LogP contribution in [0.25, 0.3) is 0 Å². The van der Waals surface area contributed by atoms with Crippen LogP contribution in [0, 0.1) is 0 Å². The second kappa shape index (κ2) is 9.30. The molecule has 0 bridgehead atoms. The van der Waals surface area contributed by atoms with E-state index in [1.54, 1.807) is 24.3 Å². The Morgan fingerprint density at radius 1 is 1.10 bits per heavy atom. The fourth-order valence-corrected chi connectivity index (χ4v) is 5.54. The Bertz CT molecular complexity index is 1000. The van der Waals surface area contributed by atoms with Gasteiger partial charge in [0.15, 0.2) is 0 Å². The van der Waals surface area contributed by atoms with Crippen molar-refractivity contribution in [1.29, 1.82) is 0 Å². The molecule has 0 unspecified atom stereocenters. The highest BCUT2D eigenvalue weighted by Crippen LogP contribution is 2.42. The zero-order valence-corrected chi connectivity index (χ0v) is 19.5. The highest BCUT2D eigenvalue weighted by Gasteiger charge is 2.40. The van der Waals surface area contributed by atoms with E-state index in [-0.39, 0.29) is 17.6 Å². The van der Waals surface area contributed by atoms with Gasteiger partial charge in [-0.15, -0.1) is 0 Å². The number of anilines is 1. The lowest BCUT2D eigenvalue weighted by atomic mass is 9.83. The number of nitrogens with zero attached hydrogens (tertiary/aromatic N) is 1. The minimum atomic E-state index is -3.66. The number of amides is 1. The predicted octanol–water partition coefficient (Wildman–Crippen LogP) is 4.43. The average Bonchev–Trinajstić information content (AvgIpc) is 2.76. The molecule has 1 amide bonds. The van der Waals surface area contributed by atoms with Gasteiger partial charge in [0.05, 0.1) is 18.0 Å². The number of ether oxygens (including phenoxy) is 1. The molecular weight excluding hydrogens is 412 g/mol. The average molecular weight is 445 g/mol. The highest BCUT2D eigenvalue weighted by molar-refractivity contribution is 7.92. The number of carbonyl (C=O) groups is 1. The standard InChI is InChI=1S/C24H32N2O4S/c1-5-21(26(31(4,28)29)18-13-9-8-10-14-18)23(27)25-20-17-24(6-2,7-3)30-22-16-12-11-15-19(20)22/h8-16,20-21H,5-7,17H2,1-4H3,(H,25,27)/t20-,21-/m0/s1. The fourth-order valence-electron chi connectivity index (χ4n) is 4.33. The van der Waals surface area contributed by atoms with E-state index in [0.29, 0.717) is 18.5 Å². The van der Waals surface area contributed by atoms with Gasteiger partial charge in [-0.1, -0.05) is 57.2 Å². The van der Waals surface area contributed by atoms with Gasteiger partial charge in [0.1, 0.15) is 17.4 Å². The molecule has 31 heavy (non-hydrogen) atoms. The van der Waals surface area contributed by atoms with Crippen LogP contribution in [0.1, 0.15) is 58.1 Å². The lowest BCUT2D eigenvalue weighted by Crippen LogP contribution is -2.52. The first-order valence-electron chi connectivity index (χ1n) is 10.9. The summed E-state index contributed by atoms with van der Waals surface area (Å²) >= 11 is 0. The highest BCUT2D eigenvalue weighted by atomic mass is 32.2. The first kappa shape index (κ1) is 23.1. The summed E-state index contributed by atoms with van der Waals surface area (Å²) < 4.78 is 32.9. The molecule has 0 aromatic heterocycles. The molecule has 2 aromatic rings. The van der Waals surface area contributed by atoms with Crippen molar-refractivity contribution in [3.05, 3.63) is 60.2 Å². The molecule has 0 radical (unpaired) electrons. The zero-order chi connectivity index (χ0) is 22.6. The van der Waals surface area contributed by atoms with Gasteiger partial charge in [-0.2, -0.15) is 0 Å². The number of para-hydroxylation sites is 2. The maximum Gasteiger partial charge on any atom is 0.244 e. The number of fused-ring (bicyclic) bond motifs is 1. The Kier molecular flexibility index (Phi) is 6.94. The van der Waals surface area contributed by atoms with Gasteiger partial charge >= 0.3 is 0 Å². The third-order valence-electron chi connectivity index (χ3n) is 6.14. The van der Waals surface area contributed by atoms with E-state index in [2.05, 4.69) is 19.2 Å². The monoisotopic (exact) mass is 444 g/mol. The largest absolute Gasteiger partial charge is 0.487 e. The van der Waals surface area contributed by atoms with E-state index in [9.17, 15) is 13.2 Å². The van der Waals surface area contributed by atoms with Crippen molar-refractivity contribution in [3.63, 3.8) is 0 Å². The van der Waals surface area contributed by atoms with Crippen molar-refractivity contribution in [2.75, 3.05) is 10.6 Å². The van der Waals surface area contributed by atoms with Crippen LogP contribution in [0.5, 0.6) is 5.75 Å². The van der Waals surface area contributed by atoms with Crippen LogP contribution in [0.4, 0.5) is 5.69 Å². The van der Waals surface area contributed by atoms with Gasteiger partial charge in [0.25, 0.3) is 0 Å². The van der Waals surface area contributed by atoms with Crippen molar-refractivity contribution < 1.29 is 17.9 Å². The minimum Gasteiger partial charge on any atom is -0.487 e. The molecule has 3 rings (SSSR count). The summed E-state index contributed by atoms with van der Waals surface area (Å²) in [4.78, 5) is 13.4. The summed E-state index contributed by atoms with van der Waals surface area (Å²) in [6.45, 7) is 6.00. The summed E-state index contributed by atoms with van der Waals surface area (Å²) in [5.74, 6) is 0.471. The summed E-state index contributed by atoms with van der Waals surface area (Å²) in [6, 6.07) is 15.4. The molecule has 1 aliphatic heterocycles. The molecule has 2 atom stereocenters. The zero-order valence-electron chi connectivity index (χ0n) is 18.7. The maximum absolute atomic E-state index is 13.4. The predicted molar refractivity (Wildman–Crippen MR) is 124 cm³/mol. The molecule has 2 aromatic carbocycles. The van der Waals surface area contributed by atoms with Crippen LogP contribution in [0.3, 0.4) is 0 Å². The van der Waals surface area contributed by atoms with Gasteiger partial charge in [-0.05, 0) is 37.5 Å². The van der Waals surface area contributed by atoms with Crippen LogP contribution < -0.4 is 14.4 Å². The van der Waals surface area contributed by atoms with Crippen LogP contribution in [0.2, 0.25) is 0 Å². The van der Waals surface area contributed by atoms with E-state index < -0.39 is 16.1 Å². The number of sulfonamides is 1. The number of nitrogens with one attached hydrogen (secondary N) is 1. The molecule has 7 heteroatoms. The van der Waals surface area contributed by atoms with E-state index in [0.717, 1.165) is 30.4 Å². The third kappa shape index (κ3) is 4.87. The number of rotatable bonds is 8. The van der Waals surface area contributed by atoms with Crippen molar-refractivity contribution in [2.24, 2.45) is 0 Å². The van der Waals surface area contributed by atoms with Gasteiger partial charge in [0.2, 0.25) is 15.9 Å². The van der Waals surface area contributed by atoms with Gasteiger partial charge in [-0.25, -0.2) is 8.42 Å². The number of hydrogen-bond acceptors (Lipinski definition) is 4. The molecule has 0 saturated carbocycles. The molecule has 1 heterocycles. The maximum atomic E-state index is 13.4. The first-order valence-corrected chi connectivity index (χ1v) is 12.7. The summed E-state index contributed by atoms with van der Waals surface area (Å²) in [5, 5.41) is 3.15. The smallest absolute Gasteiger partial charge is 0.244 e. The molecule has 0 aliphatic carbocycles. The molecule has 0 saturated heterocycles. The molecule has 1 N–H and O–H groups in total. The third-order valence-corrected chi connectivity index (χ3v) is 7.32. The van der Waals surface area contributed by atoms with Crippen LogP contribution >= 0.6 is 0 Å². The summed E-state index contributed by atoms with van der Waals surface area (Å²) in [6.07, 6.45) is 3.77. The molecule has 6 nitrogen and oxygen atoms in total. The van der Waals surface area contributed by atoms with E-state index in [4.69, 9.17) is 4.74 Å². The van der Waals surface area contributed by atoms with Crippen molar-refractivity contribution in [2.45, 2.75) is 64.1 Å². The van der Waals surface area contributed by atoms with Crippen LogP contribution in [0.15, 0.2) is 54.6 Å². The quantitative estimate of drug-likeness (QED) is 0.654. The van der Waals surface area contributed by atoms with Gasteiger partial charge in [-0.3, -0.25) is 9.10 Å². The van der Waals surface area contributed by atoms with Crippen molar-refractivity contribution in [3.8, 4) is 5.75 Å². The SMILES string of the molecule is CC[C@@H](C(=O)N[C@H]1CC(CC)(CC)Oc2ccccc21)N(c1ccccc1)S(C)(=O)=O. The summed E-state index contributed by atoms with van der Waals surface area (Å²) in [5.41, 5.74) is 1.05. The Labute approximate surface area is 185 Å². The fraction of sp³-hybridized carbons (Fsp3) is 0.458. The van der Waals surface area contributed by atoms with Crippen LogP contribution in [-0.4, -0.2) is 32.2 Å². The Morgan fingerprint density at radius 2 is 1.71 bits per heavy atom. The lowest BCUT2D eigenvalue weighted by molar-refractivity contribution is -0.123. The number of carbonyl (C=O) groups excluding carboxylic acids is 1. The molecule has 168 valence electrons. The topological polar surface area (TPSA) is 75.7 Å². The molecule has 1 aliphatic rings. The molecule has 0 fully saturated rings. The van der Waals surface area contributed by atoms with E-state index in [1.807, 2.05) is 37.3 Å². The van der Waals surface area contributed by atoms with E-state index >= 15 is 0 Å².